The lowest BCUT2D eigenvalue weighted by Gasteiger charge is -2.27. The minimum Gasteiger partial charge on any atom is -0.311 e. The molecular weight excluding hydrogens is 278 g/mol. The van der Waals surface area contributed by atoms with E-state index in [1.165, 1.54) is 30.9 Å². The Hall–Kier alpha value is -0.130. The van der Waals surface area contributed by atoms with Gasteiger partial charge < -0.3 is 10.2 Å². The highest BCUT2D eigenvalue weighted by Crippen LogP contribution is 2.20. The number of hydrogen-bond donors (Lipinski definition) is 1. The van der Waals surface area contributed by atoms with Gasteiger partial charge in [-0.05, 0) is 45.6 Å². The summed E-state index contributed by atoms with van der Waals surface area (Å²) in [6.07, 6.45) is 1.28. The van der Waals surface area contributed by atoms with Crippen LogP contribution in [0.2, 0.25) is 4.34 Å². The third-order valence-corrected chi connectivity index (χ3v) is 4.92. The van der Waals surface area contributed by atoms with Gasteiger partial charge in [0, 0.05) is 37.1 Å². The summed E-state index contributed by atoms with van der Waals surface area (Å²) in [7, 11) is 2.22. The highest BCUT2D eigenvalue weighted by Gasteiger charge is 2.18. The fraction of sp³-hybridized carbons (Fsp3) is 0.714. The molecule has 0 saturated carbocycles. The molecule has 1 fully saturated rings. The zero-order valence-corrected chi connectivity index (χ0v) is 13.4. The van der Waals surface area contributed by atoms with Gasteiger partial charge in [0.25, 0.3) is 0 Å². The van der Waals surface area contributed by atoms with Gasteiger partial charge in [0.15, 0.2) is 0 Å². The van der Waals surface area contributed by atoms with Crippen LogP contribution in [-0.2, 0) is 6.54 Å². The van der Waals surface area contributed by atoms with Crippen molar-refractivity contribution in [1.29, 1.82) is 0 Å². The van der Waals surface area contributed by atoms with E-state index in [1.807, 2.05) is 6.07 Å². The SMILES string of the molecule is CC1CN(C)CCCN1CCNCc1ccc(Cl)s1. The fourth-order valence-corrected chi connectivity index (χ4v) is 3.69. The molecule has 0 bridgehead atoms. The van der Waals surface area contributed by atoms with E-state index >= 15 is 0 Å². The molecule has 1 unspecified atom stereocenters. The molecule has 0 aliphatic carbocycles. The van der Waals surface area contributed by atoms with Crippen LogP contribution in [0.25, 0.3) is 0 Å². The second-order valence-corrected chi connectivity index (χ2v) is 7.18. The molecule has 0 amide bonds. The first kappa shape index (κ1) is 15.3. The van der Waals surface area contributed by atoms with Crippen molar-refractivity contribution in [3.8, 4) is 0 Å². The molecule has 1 aromatic heterocycles. The number of nitrogens with zero attached hydrogens (tertiary/aromatic N) is 2. The highest BCUT2D eigenvalue weighted by molar-refractivity contribution is 7.16. The van der Waals surface area contributed by atoms with Crippen molar-refractivity contribution >= 4 is 22.9 Å². The summed E-state index contributed by atoms with van der Waals surface area (Å²) < 4.78 is 0.876. The Morgan fingerprint density at radius 3 is 3.00 bits per heavy atom. The molecular formula is C14H24ClN3S. The molecule has 2 rings (SSSR count). The third-order valence-electron chi connectivity index (χ3n) is 3.69. The molecule has 1 atom stereocenters. The van der Waals surface area contributed by atoms with Crippen molar-refractivity contribution in [2.24, 2.45) is 0 Å². The zero-order valence-electron chi connectivity index (χ0n) is 11.9. The van der Waals surface area contributed by atoms with Gasteiger partial charge in [-0.3, -0.25) is 4.90 Å². The lowest BCUT2D eigenvalue weighted by atomic mass is 10.2. The summed E-state index contributed by atoms with van der Waals surface area (Å²) in [6, 6.07) is 4.73. The lowest BCUT2D eigenvalue weighted by Crippen LogP contribution is -2.41. The molecule has 1 saturated heterocycles. The zero-order chi connectivity index (χ0) is 13.7. The van der Waals surface area contributed by atoms with E-state index in [1.54, 1.807) is 11.3 Å². The predicted molar refractivity (Wildman–Crippen MR) is 84.2 cm³/mol. The maximum absolute atomic E-state index is 5.92. The average molecular weight is 302 g/mol. The topological polar surface area (TPSA) is 18.5 Å². The first-order chi connectivity index (χ1) is 9.15. The van der Waals surface area contributed by atoms with Crippen LogP contribution >= 0.6 is 22.9 Å². The van der Waals surface area contributed by atoms with Gasteiger partial charge >= 0.3 is 0 Å². The third kappa shape index (κ3) is 5.04. The molecule has 1 aromatic rings. The van der Waals surface area contributed by atoms with Crippen LogP contribution in [0.4, 0.5) is 0 Å². The van der Waals surface area contributed by atoms with Gasteiger partial charge in [-0.2, -0.15) is 0 Å². The maximum Gasteiger partial charge on any atom is 0.0931 e. The van der Waals surface area contributed by atoms with Crippen molar-refractivity contribution in [2.75, 3.05) is 39.8 Å². The largest absolute Gasteiger partial charge is 0.311 e. The highest BCUT2D eigenvalue weighted by atomic mass is 35.5. The minimum absolute atomic E-state index is 0.658. The Bertz CT molecular complexity index is 383. The quantitative estimate of drug-likeness (QED) is 0.843. The van der Waals surface area contributed by atoms with Gasteiger partial charge in [0.1, 0.15) is 0 Å². The normalized spacial score (nSPS) is 22.6. The summed E-state index contributed by atoms with van der Waals surface area (Å²) in [5, 5.41) is 3.51. The van der Waals surface area contributed by atoms with Crippen LogP contribution in [0.3, 0.4) is 0 Å². The van der Waals surface area contributed by atoms with Crippen molar-refractivity contribution in [2.45, 2.75) is 25.9 Å². The molecule has 0 radical (unpaired) electrons. The van der Waals surface area contributed by atoms with Crippen molar-refractivity contribution in [3.63, 3.8) is 0 Å². The molecule has 0 aromatic carbocycles. The van der Waals surface area contributed by atoms with Gasteiger partial charge in [0.2, 0.25) is 0 Å². The summed E-state index contributed by atoms with van der Waals surface area (Å²) in [4.78, 5) is 6.34. The van der Waals surface area contributed by atoms with E-state index in [9.17, 15) is 0 Å². The molecule has 2 heterocycles. The Kier molecular flexibility index (Phi) is 6.10. The number of rotatable bonds is 5. The van der Waals surface area contributed by atoms with Crippen LogP contribution in [0, 0.1) is 0 Å². The number of thiophene rings is 1. The van der Waals surface area contributed by atoms with Crippen LogP contribution < -0.4 is 5.32 Å². The smallest absolute Gasteiger partial charge is 0.0931 e. The molecule has 19 heavy (non-hydrogen) atoms. The molecule has 3 nitrogen and oxygen atoms in total. The lowest BCUT2D eigenvalue weighted by molar-refractivity contribution is 0.202. The van der Waals surface area contributed by atoms with E-state index in [4.69, 9.17) is 11.6 Å². The molecule has 1 N–H and O–H groups in total. The standard InChI is InChI=1S/C14H24ClN3S/c1-12-11-17(2)7-3-8-18(12)9-6-16-10-13-4-5-14(15)19-13/h4-5,12,16H,3,6-11H2,1-2H3. The first-order valence-corrected chi connectivity index (χ1v) is 8.22. The van der Waals surface area contributed by atoms with Crippen molar-refractivity contribution in [3.05, 3.63) is 21.3 Å². The minimum atomic E-state index is 0.658. The second kappa shape index (κ2) is 7.60. The van der Waals surface area contributed by atoms with E-state index in [0.29, 0.717) is 6.04 Å². The van der Waals surface area contributed by atoms with Crippen LogP contribution in [0.15, 0.2) is 12.1 Å². The van der Waals surface area contributed by atoms with E-state index in [-0.39, 0.29) is 0 Å². The number of hydrogen-bond acceptors (Lipinski definition) is 4. The number of likely N-dealkylation sites (N-methyl/N-ethyl adjacent to an activating group) is 1. The Labute approximate surface area is 125 Å². The van der Waals surface area contributed by atoms with Crippen LogP contribution in [-0.4, -0.2) is 55.6 Å². The molecule has 108 valence electrons. The van der Waals surface area contributed by atoms with Crippen molar-refractivity contribution < 1.29 is 0 Å². The van der Waals surface area contributed by atoms with Gasteiger partial charge in [0.05, 0.1) is 4.34 Å². The monoisotopic (exact) mass is 301 g/mol. The van der Waals surface area contributed by atoms with Crippen molar-refractivity contribution in [1.82, 2.24) is 15.1 Å². The second-order valence-electron chi connectivity index (χ2n) is 5.38. The van der Waals surface area contributed by atoms with Crippen LogP contribution in [0.1, 0.15) is 18.2 Å². The average Bonchev–Trinajstić information content (AvgIpc) is 2.70. The Balaban J connectivity index is 1.67. The summed E-state index contributed by atoms with van der Waals surface area (Å²) >= 11 is 7.58. The molecule has 5 heteroatoms. The summed E-state index contributed by atoms with van der Waals surface area (Å²) in [6.45, 7) is 9.07. The van der Waals surface area contributed by atoms with E-state index in [2.05, 4.69) is 35.2 Å². The maximum atomic E-state index is 5.92. The summed E-state index contributed by atoms with van der Waals surface area (Å²) in [5.41, 5.74) is 0. The molecule has 1 aliphatic rings. The van der Waals surface area contributed by atoms with E-state index < -0.39 is 0 Å². The Morgan fingerprint density at radius 1 is 1.42 bits per heavy atom. The van der Waals surface area contributed by atoms with Gasteiger partial charge in [-0.25, -0.2) is 0 Å². The van der Waals surface area contributed by atoms with Crippen LogP contribution in [0.5, 0.6) is 0 Å². The fourth-order valence-electron chi connectivity index (χ4n) is 2.64. The molecule has 0 spiro atoms. The number of halogens is 1. The first-order valence-electron chi connectivity index (χ1n) is 7.02. The van der Waals surface area contributed by atoms with E-state index in [0.717, 1.165) is 24.0 Å². The van der Waals surface area contributed by atoms with Gasteiger partial charge in [-0.15, -0.1) is 11.3 Å². The number of nitrogens with one attached hydrogen (secondary N) is 1. The Morgan fingerprint density at radius 2 is 2.26 bits per heavy atom. The van der Waals surface area contributed by atoms with Gasteiger partial charge in [-0.1, -0.05) is 11.6 Å². The predicted octanol–water partition coefficient (Wildman–Crippen LogP) is 2.52. The molecule has 1 aliphatic heterocycles. The summed E-state index contributed by atoms with van der Waals surface area (Å²) in [5.74, 6) is 0.